The monoisotopic (exact) mass is 459 g/mol. The number of aromatic nitrogens is 1. The summed E-state index contributed by atoms with van der Waals surface area (Å²) in [4.78, 5) is 12.0. The fourth-order valence-electron chi connectivity index (χ4n) is 4.88. The second-order valence-corrected chi connectivity index (χ2v) is 8.43. The van der Waals surface area contributed by atoms with Crippen molar-refractivity contribution in [2.75, 3.05) is 7.11 Å². The number of carbonyl (C=O) groups excluding carboxylic acids is 1. The van der Waals surface area contributed by atoms with Gasteiger partial charge in [0.05, 0.1) is 23.9 Å². The molecule has 0 aliphatic carbocycles. The third-order valence-corrected chi connectivity index (χ3v) is 6.51. The number of halogens is 1. The summed E-state index contributed by atoms with van der Waals surface area (Å²) in [6.07, 6.45) is 3.94. The average Bonchev–Trinajstić information content (AvgIpc) is 3.56. The number of carbonyl (C=O) groups is 1. The molecule has 0 spiro atoms. The zero-order valence-corrected chi connectivity index (χ0v) is 19.1. The van der Waals surface area contributed by atoms with Crippen molar-refractivity contribution in [3.8, 4) is 11.3 Å². The van der Waals surface area contributed by atoms with E-state index in [1.54, 1.807) is 21.1 Å². The number of ether oxygens (including phenoxy) is 1. The van der Waals surface area contributed by atoms with Crippen LogP contribution in [-0.4, -0.2) is 35.0 Å². The average molecular weight is 459 g/mol. The normalized spacial score (nSPS) is 14.3. The van der Waals surface area contributed by atoms with Gasteiger partial charge < -0.3 is 4.74 Å². The lowest BCUT2D eigenvalue weighted by atomic mass is 9.89. The Morgan fingerprint density at radius 1 is 0.771 bits per heavy atom. The summed E-state index contributed by atoms with van der Waals surface area (Å²) in [5.74, 6) is -0.390. The first-order chi connectivity index (χ1) is 17.2. The van der Waals surface area contributed by atoms with Crippen molar-refractivity contribution in [2.45, 2.75) is 0 Å². The molecule has 0 bridgehead atoms. The topological polar surface area (TPSA) is 34.2 Å². The summed E-state index contributed by atoms with van der Waals surface area (Å²) in [6.45, 7) is 0. The molecule has 0 N–H and O–H groups in total. The van der Waals surface area contributed by atoms with Crippen molar-refractivity contribution in [2.24, 2.45) is 0 Å². The van der Waals surface area contributed by atoms with Crippen molar-refractivity contribution >= 4 is 24.5 Å². The Morgan fingerprint density at radius 3 is 2.06 bits per heavy atom. The SMILES string of the molecule is COC(=O)c1ccc(C2=C3C=CC(c4ccccc4)=[N+]3B(F)n3c2ccc3-c2ccccc2)cc1. The largest absolute Gasteiger partial charge is 0.846 e. The molecule has 0 amide bonds. The second kappa shape index (κ2) is 8.40. The van der Waals surface area contributed by atoms with E-state index in [0.717, 1.165) is 45.1 Å². The number of allylic oxidation sites excluding steroid dienone is 2. The third-order valence-electron chi connectivity index (χ3n) is 6.51. The maximum Gasteiger partial charge on any atom is 0.846 e. The Morgan fingerprint density at radius 2 is 1.40 bits per heavy atom. The maximum absolute atomic E-state index is 16.5. The predicted octanol–water partition coefficient (Wildman–Crippen LogP) is 5.59. The molecule has 168 valence electrons. The quantitative estimate of drug-likeness (QED) is 0.295. The molecular formula is C29H21BFN2O2+. The first-order valence-electron chi connectivity index (χ1n) is 11.4. The number of nitrogens with zero attached hydrogens (tertiary/aromatic N) is 2. The highest BCUT2D eigenvalue weighted by atomic mass is 19.1. The van der Waals surface area contributed by atoms with E-state index in [1.807, 2.05) is 97.1 Å². The molecule has 1 aromatic heterocycles. The minimum absolute atomic E-state index is 0.390. The van der Waals surface area contributed by atoms with E-state index in [-0.39, 0.29) is 0 Å². The van der Waals surface area contributed by atoms with Crippen molar-refractivity contribution < 1.29 is 18.3 Å². The number of esters is 1. The Labute approximate surface area is 203 Å². The first kappa shape index (κ1) is 21.1. The summed E-state index contributed by atoms with van der Waals surface area (Å²) < 4.78 is 24.8. The summed E-state index contributed by atoms with van der Waals surface area (Å²) in [6, 6.07) is 30.9. The van der Waals surface area contributed by atoms with Gasteiger partial charge in [0, 0.05) is 23.4 Å². The van der Waals surface area contributed by atoms with Crippen molar-refractivity contribution in [1.29, 1.82) is 0 Å². The highest BCUT2D eigenvalue weighted by molar-refractivity contribution is 6.45. The second-order valence-electron chi connectivity index (χ2n) is 8.43. The summed E-state index contributed by atoms with van der Waals surface area (Å²) >= 11 is 0. The minimum Gasteiger partial charge on any atom is -0.465 e. The Kier molecular flexibility index (Phi) is 5.07. The minimum atomic E-state index is -1.42. The van der Waals surface area contributed by atoms with Crippen LogP contribution in [0.15, 0.2) is 115 Å². The molecule has 3 aromatic carbocycles. The smallest absolute Gasteiger partial charge is 0.465 e. The molecule has 0 unspecified atom stereocenters. The number of rotatable bonds is 4. The van der Waals surface area contributed by atoms with Gasteiger partial charge in [-0.25, -0.2) is 13.6 Å². The van der Waals surface area contributed by atoms with Gasteiger partial charge in [0.15, 0.2) is 11.4 Å². The van der Waals surface area contributed by atoms with Crippen molar-refractivity contribution in [3.05, 3.63) is 137 Å². The molecule has 35 heavy (non-hydrogen) atoms. The van der Waals surface area contributed by atoms with Crippen LogP contribution in [-0.2, 0) is 4.74 Å². The van der Waals surface area contributed by atoms with E-state index in [4.69, 9.17) is 4.74 Å². The van der Waals surface area contributed by atoms with Gasteiger partial charge in [-0.3, -0.25) is 4.48 Å². The van der Waals surface area contributed by atoms with Crippen molar-refractivity contribution in [3.63, 3.8) is 0 Å². The van der Waals surface area contributed by atoms with Gasteiger partial charge in [-0.1, -0.05) is 60.7 Å². The number of hydrogen-bond acceptors (Lipinski definition) is 2. The molecule has 2 aliphatic rings. The zero-order chi connectivity index (χ0) is 23.9. The fourth-order valence-corrected chi connectivity index (χ4v) is 4.88. The van der Waals surface area contributed by atoms with Gasteiger partial charge in [0.25, 0.3) is 0 Å². The lowest BCUT2D eigenvalue weighted by Gasteiger charge is -2.21. The standard InChI is InChI=1S/C29H21BFN2O2/c1-35-29(34)23-14-12-22(13-15-23)28-26-18-16-24(20-8-4-2-5-9-20)32(26)30(31)33-25(17-19-27(28)33)21-10-6-3-7-11-21/h2-19H,1H3/q+1. The first-order valence-corrected chi connectivity index (χ1v) is 11.4. The van der Waals surface area contributed by atoms with E-state index in [1.165, 1.54) is 7.11 Å². The van der Waals surface area contributed by atoms with E-state index < -0.39 is 13.2 Å². The molecule has 0 fully saturated rings. The van der Waals surface area contributed by atoms with E-state index in [0.29, 0.717) is 5.56 Å². The molecule has 2 aliphatic heterocycles. The number of fused-ring (bicyclic) bond motifs is 2. The molecule has 4 nitrogen and oxygen atoms in total. The molecule has 6 rings (SSSR count). The van der Waals surface area contributed by atoms with E-state index in [2.05, 4.69) is 0 Å². The van der Waals surface area contributed by atoms with Gasteiger partial charge in [0.2, 0.25) is 0 Å². The molecule has 0 radical (unpaired) electrons. The number of methoxy groups -OCH3 is 1. The van der Waals surface area contributed by atoms with Gasteiger partial charge in [-0.2, -0.15) is 0 Å². The molecule has 3 heterocycles. The van der Waals surface area contributed by atoms with Crippen LogP contribution in [0, 0.1) is 0 Å². The van der Waals surface area contributed by atoms with Gasteiger partial charge in [-0.15, -0.1) is 0 Å². The Hall–Kier alpha value is -4.45. The van der Waals surface area contributed by atoms with Gasteiger partial charge in [0.1, 0.15) is 0 Å². The van der Waals surface area contributed by atoms with Gasteiger partial charge in [-0.05, 0) is 47.5 Å². The molecule has 0 atom stereocenters. The Balaban J connectivity index is 1.61. The van der Waals surface area contributed by atoms with Crippen LogP contribution < -0.4 is 0 Å². The summed E-state index contributed by atoms with van der Waals surface area (Å²) in [5, 5.41) is 0. The van der Waals surface area contributed by atoms with Crippen LogP contribution in [0.5, 0.6) is 0 Å². The number of benzene rings is 3. The van der Waals surface area contributed by atoms with Crippen LogP contribution >= 0.6 is 0 Å². The number of hydrogen-bond donors (Lipinski definition) is 0. The zero-order valence-electron chi connectivity index (χ0n) is 19.1. The molecule has 4 aromatic rings. The van der Waals surface area contributed by atoms with Crippen LogP contribution in [0.25, 0.3) is 16.8 Å². The van der Waals surface area contributed by atoms with Crippen molar-refractivity contribution in [1.82, 2.24) is 4.48 Å². The Bertz CT molecular complexity index is 1530. The highest BCUT2D eigenvalue weighted by Gasteiger charge is 2.50. The lowest BCUT2D eigenvalue weighted by molar-refractivity contribution is -0.333. The fraction of sp³-hybridized carbons (Fsp3) is 0.0345. The third kappa shape index (κ3) is 3.37. The summed E-state index contributed by atoms with van der Waals surface area (Å²) in [5.41, 5.74) is 7.32. The predicted molar refractivity (Wildman–Crippen MR) is 136 cm³/mol. The molecule has 0 saturated carbocycles. The van der Waals surface area contributed by atoms with Crippen LogP contribution in [0.1, 0.15) is 27.2 Å². The van der Waals surface area contributed by atoms with Gasteiger partial charge >= 0.3 is 13.2 Å². The van der Waals surface area contributed by atoms with Crippen LogP contribution in [0.4, 0.5) is 4.32 Å². The highest BCUT2D eigenvalue weighted by Crippen LogP contribution is 2.39. The molecular weight excluding hydrogens is 438 g/mol. The lowest BCUT2D eigenvalue weighted by Crippen LogP contribution is -2.40. The van der Waals surface area contributed by atoms with Crippen LogP contribution in [0.3, 0.4) is 0 Å². The van der Waals surface area contributed by atoms with E-state index >= 15 is 4.32 Å². The maximum atomic E-state index is 16.5. The summed E-state index contributed by atoms with van der Waals surface area (Å²) in [7, 11) is -0.0581. The molecule has 0 saturated heterocycles. The van der Waals surface area contributed by atoms with E-state index in [9.17, 15) is 4.79 Å². The molecule has 6 heteroatoms. The van der Waals surface area contributed by atoms with Crippen LogP contribution in [0.2, 0.25) is 0 Å².